The van der Waals surface area contributed by atoms with Crippen LogP contribution in [0.5, 0.6) is 0 Å². The molecule has 5 heteroatoms. The van der Waals surface area contributed by atoms with Gasteiger partial charge in [-0.15, -0.1) is 0 Å². The van der Waals surface area contributed by atoms with Crippen LogP contribution in [0.2, 0.25) is 0 Å². The molecule has 18 heavy (non-hydrogen) atoms. The first-order chi connectivity index (χ1) is 8.58. The average Bonchev–Trinajstić information content (AvgIpc) is 2.33. The van der Waals surface area contributed by atoms with Crippen LogP contribution in [0.3, 0.4) is 0 Å². The summed E-state index contributed by atoms with van der Waals surface area (Å²) >= 11 is 0. The summed E-state index contributed by atoms with van der Waals surface area (Å²) in [6, 6.07) is 3.06. The first-order valence-corrected chi connectivity index (χ1v) is 5.79. The fraction of sp³-hybridized carbons (Fsp3) is 0.462. The van der Waals surface area contributed by atoms with Gasteiger partial charge in [0.15, 0.2) is 23.7 Å². The van der Waals surface area contributed by atoms with E-state index in [-0.39, 0.29) is 17.8 Å². The minimum absolute atomic E-state index is 0.0211. The van der Waals surface area contributed by atoms with E-state index < -0.39 is 17.9 Å². The second kappa shape index (κ2) is 7.18. The number of hydrogen-bond donors (Lipinski definition) is 0. The molecule has 0 radical (unpaired) electrons. The van der Waals surface area contributed by atoms with E-state index in [0.29, 0.717) is 13.2 Å². The van der Waals surface area contributed by atoms with Gasteiger partial charge in [0.1, 0.15) is 0 Å². The summed E-state index contributed by atoms with van der Waals surface area (Å²) in [4.78, 5) is 11.8. The van der Waals surface area contributed by atoms with Crippen molar-refractivity contribution in [2.45, 2.75) is 26.6 Å². The number of Topliss-reactive ketones (excluding diaryl/α,β-unsaturated/α-hetero) is 1. The Labute approximate surface area is 105 Å². The molecule has 0 N–H and O–H groups in total. The third-order valence-corrected chi connectivity index (χ3v) is 2.30. The van der Waals surface area contributed by atoms with Gasteiger partial charge in [0.2, 0.25) is 0 Å². The molecule has 0 aliphatic heterocycles. The maximum absolute atomic E-state index is 13.0. The van der Waals surface area contributed by atoms with Gasteiger partial charge in [-0.05, 0) is 32.0 Å². The van der Waals surface area contributed by atoms with E-state index in [1.807, 2.05) is 0 Å². The number of ether oxygens (including phenoxy) is 2. The normalized spacial score (nSPS) is 10.9. The molecule has 0 aliphatic rings. The average molecular weight is 258 g/mol. The molecule has 0 bridgehead atoms. The fourth-order valence-corrected chi connectivity index (χ4v) is 1.48. The second-order valence-electron chi connectivity index (χ2n) is 3.60. The van der Waals surface area contributed by atoms with Crippen molar-refractivity contribution in [1.82, 2.24) is 0 Å². The van der Waals surface area contributed by atoms with E-state index in [9.17, 15) is 13.6 Å². The lowest BCUT2D eigenvalue weighted by atomic mass is 10.1. The van der Waals surface area contributed by atoms with Crippen LogP contribution < -0.4 is 0 Å². The zero-order valence-corrected chi connectivity index (χ0v) is 10.4. The van der Waals surface area contributed by atoms with Gasteiger partial charge in [0.25, 0.3) is 0 Å². The summed E-state index contributed by atoms with van der Waals surface area (Å²) in [6.45, 7) is 4.40. The molecular weight excluding hydrogens is 242 g/mol. The lowest BCUT2D eigenvalue weighted by Crippen LogP contribution is -2.21. The molecule has 0 saturated carbocycles. The quantitative estimate of drug-likeness (QED) is 0.557. The van der Waals surface area contributed by atoms with Crippen molar-refractivity contribution in [3.8, 4) is 0 Å². The number of ketones is 1. The molecule has 1 aromatic rings. The van der Waals surface area contributed by atoms with Crippen molar-refractivity contribution in [1.29, 1.82) is 0 Å². The Morgan fingerprint density at radius 2 is 1.78 bits per heavy atom. The lowest BCUT2D eigenvalue weighted by molar-refractivity contribution is -0.133. The predicted octanol–water partition coefficient (Wildman–Crippen LogP) is 2.94. The molecule has 0 heterocycles. The Morgan fingerprint density at radius 1 is 1.17 bits per heavy atom. The van der Waals surface area contributed by atoms with E-state index >= 15 is 0 Å². The summed E-state index contributed by atoms with van der Waals surface area (Å²) in [5.74, 6) is -2.36. The predicted molar refractivity (Wildman–Crippen MR) is 62.3 cm³/mol. The van der Waals surface area contributed by atoms with E-state index in [0.717, 1.165) is 12.1 Å². The molecule has 0 aliphatic carbocycles. The van der Waals surface area contributed by atoms with Crippen LogP contribution in [0.1, 0.15) is 30.6 Å². The first-order valence-electron chi connectivity index (χ1n) is 5.79. The third-order valence-electron chi connectivity index (χ3n) is 2.30. The van der Waals surface area contributed by atoms with Crippen molar-refractivity contribution in [2.24, 2.45) is 0 Å². The van der Waals surface area contributed by atoms with Gasteiger partial charge in [-0.1, -0.05) is 0 Å². The number of rotatable bonds is 7. The van der Waals surface area contributed by atoms with Crippen LogP contribution in [-0.4, -0.2) is 25.3 Å². The van der Waals surface area contributed by atoms with Crippen molar-refractivity contribution in [3.05, 3.63) is 35.4 Å². The summed E-state index contributed by atoms with van der Waals surface area (Å²) in [5, 5.41) is 0. The SMILES string of the molecule is CCOC(CC(=O)c1ccc(F)c(F)c1)OCC. The highest BCUT2D eigenvalue weighted by atomic mass is 19.2. The zero-order chi connectivity index (χ0) is 13.5. The minimum Gasteiger partial charge on any atom is -0.352 e. The van der Waals surface area contributed by atoms with Crippen LogP contribution in [0, 0.1) is 11.6 Å². The molecule has 0 saturated heterocycles. The highest BCUT2D eigenvalue weighted by Gasteiger charge is 2.16. The van der Waals surface area contributed by atoms with Gasteiger partial charge < -0.3 is 9.47 Å². The van der Waals surface area contributed by atoms with Crippen LogP contribution in [-0.2, 0) is 9.47 Å². The van der Waals surface area contributed by atoms with E-state index in [2.05, 4.69) is 0 Å². The van der Waals surface area contributed by atoms with Crippen LogP contribution in [0.25, 0.3) is 0 Å². The van der Waals surface area contributed by atoms with Gasteiger partial charge >= 0.3 is 0 Å². The van der Waals surface area contributed by atoms with Crippen LogP contribution >= 0.6 is 0 Å². The van der Waals surface area contributed by atoms with Gasteiger partial charge in [0, 0.05) is 18.8 Å². The standard InChI is InChI=1S/C13H16F2O3/c1-3-17-13(18-4-2)8-12(16)9-5-6-10(14)11(15)7-9/h5-7,13H,3-4,8H2,1-2H3. The fourth-order valence-electron chi connectivity index (χ4n) is 1.48. The van der Waals surface area contributed by atoms with E-state index in [4.69, 9.17) is 9.47 Å². The smallest absolute Gasteiger partial charge is 0.168 e. The molecule has 100 valence electrons. The maximum atomic E-state index is 13.0. The summed E-state index contributed by atoms with van der Waals surface area (Å²) in [6.07, 6.45) is -0.673. The van der Waals surface area contributed by atoms with Crippen molar-refractivity contribution in [3.63, 3.8) is 0 Å². The Kier molecular flexibility index (Phi) is 5.88. The number of hydrogen-bond acceptors (Lipinski definition) is 3. The van der Waals surface area contributed by atoms with E-state index in [1.165, 1.54) is 6.07 Å². The molecule has 1 rings (SSSR count). The summed E-state index contributed by atoms with van der Waals surface area (Å²) in [5.41, 5.74) is 0.110. The third kappa shape index (κ3) is 4.16. The number of carbonyl (C=O) groups excluding carboxylic acids is 1. The van der Waals surface area contributed by atoms with Gasteiger partial charge in [-0.3, -0.25) is 4.79 Å². The van der Waals surface area contributed by atoms with Gasteiger partial charge in [0.05, 0.1) is 6.42 Å². The number of benzene rings is 1. The summed E-state index contributed by atoms with van der Waals surface area (Å²) in [7, 11) is 0. The first kappa shape index (κ1) is 14.7. The molecular formula is C13H16F2O3. The molecule has 0 spiro atoms. The Morgan fingerprint density at radius 3 is 2.28 bits per heavy atom. The lowest BCUT2D eigenvalue weighted by Gasteiger charge is -2.15. The summed E-state index contributed by atoms with van der Waals surface area (Å²) < 4.78 is 36.1. The topological polar surface area (TPSA) is 35.5 Å². The molecule has 1 aromatic carbocycles. The van der Waals surface area contributed by atoms with Crippen molar-refractivity contribution < 1.29 is 23.0 Å². The Bertz CT molecular complexity index is 401. The van der Waals surface area contributed by atoms with Crippen molar-refractivity contribution >= 4 is 5.78 Å². The number of carbonyl (C=O) groups is 1. The van der Waals surface area contributed by atoms with Crippen LogP contribution in [0.4, 0.5) is 8.78 Å². The van der Waals surface area contributed by atoms with Gasteiger partial charge in [-0.25, -0.2) is 8.78 Å². The minimum atomic E-state index is -1.04. The molecule has 0 amide bonds. The Hall–Kier alpha value is -1.33. The van der Waals surface area contributed by atoms with E-state index in [1.54, 1.807) is 13.8 Å². The highest BCUT2D eigenvalue weighted by molar-refractivity contribution is 5.96. The highest BCUT2D eigenvalue weighted by Crippen LogP contribution is 2.13. The second-order valence-corrected chi connectivity index (χ2v) is 3.60. The van der Waals surface area contributed by atoms with Crippen molar-refractivity contribution in [2.75, 3.05) is 13.2 Å². The molecule has 0 atom stereocenters. The molecule has 0 fully saturated rings. The van der Waals surface area contributed by atoms with Crippen LogP contribution in [0.15, 0.2) is 18.2 Å². The van der Waals surface area contributed by atoms with Gasteiger partial charge in [-0.2, -0.15) is 0 Å². The largest absolute Gasteiger partial charge is 0.352 e. The monoisotopic (exact) mass is 258 g/mol. The zero-order valence-electron chi connectivity index (χ0n) is 10.4. The Balaban J connectivity index is 2.70. The molecule has 0 aromatic heterocycles. The molecule has 3 nitrogen and oxygen atoms in total. The number of halogens is 2. The molecule has 0 unspecified atom stereocenters. The maximum Gasteiger partial charge on any atom is 0.168 e.